The Hall–Kier alpha value is -1.08. The SMILES string of the molecule is COc1cc(OC)cc(-c2nc(Cl)c(I)c(C(C)C)n2)c1. The van der Waals surface area contributed by atoms with Crippen molar-refractivity contribution < 1.29 is 9.47 Å². The highest BCUT2D eigenvalue weighted by atomic mass is 127. The van der Waals surface area contributed by atoms with Crippen molar-refractivity contribution in [1.82, 2.24) is 9.97 Å². The summed E-state index contributed by atoms with van der Waals surface area (Å²) < 4.78 is 11.5. The summed E-state index contributed by atoms with van der Waals surface area (Å²) in [5.74, 6) is 2.22. The highest BCUT2D eigenvalue weighted by molar-refractivity contribution is 14.1. The van der Waals surface area contributed by atoms with Crippen molar-refractivity contribution in [3.8, 4) is 22.9 Å². The van der Waals surface area contributed by atoms with Gasteiger partial charge in [-0.3, -0.25) is 0 Å². The molecular formula is C15H16ClIN2O2. The van der Waals surface area contributed by atoms with Gasteiger partial charge in [0.05, 0.1) is 23.5 Å². The van der Waals surface area contributed by atoms with Gasteiger partial charge >= 0.3 is 0 Å². The van der Waals surface area contributed by atoms with E-state index in [2.05, 4.69) is 46.4 Å². The minimum atomic E-state index is 0.267. The van der Waals surface area contributed by atoms with E-state index in [-0.39, 0.29) is 5.92 Å². The molecule has 21 heavy (non-hydrogen) atoms. The Morgan fingerprint density at radius 2 is 1.62 bits per heavy atom. The van der Waals surface area contributed by atoms with Gasteiger partial charge in [-0.1, -0.05) is 25.4 Å². The number of ether oxygens (including phenoxy) is 2. The molecule has 0 N–H and O–H groups in total. The fourth-order valence-corrected chi connectivity index (χ4v) is 2.92. The molecule has 0 bridgehead atoms. The fraction of sp³-hybridized carbons (Fsp3) is 0.333. The molecule has 0 fully saturated rings. The smallest absolute Gasteiger partial charge is 0.161 e. The van der Waals surface area contributed by atoms with Crippen LogP contribution in [0.1, 0.15) is 25.5 Å². The quantitative estimate of drug-likeness (QED) is 0.540. The van der Waals surface area contributed by atoms with E-state index in [9.17, 15) is 0 Å². The average Bonchev–Trinajstić information content (AvgIpc) is 2.48. The first-order chi connectivity index (χ1) is 9.96. The van der Waals surface area contributed by atoms with Crippen LogP contribution >= 0.6 is 34.2 Å². The lowest BCUT2D eigenvalue weighted by atomic mass is 10.1. The van der Waals surface area contributed by atoms with E-state index < -0.39 is 0 Å². The molecule has 0 radical (unpaired) electrons. The summed E-state index contributed by atoms with van der Waals surface area (Å²) in [5, 5.41) is 0.464. The highest BCUT2D eigenvalue weighted by Crippen LogP contribution is 2.31. The third kappa shape index (κ3) is 3.58. The summed E-state index contributed by atoms with van der Waals surface area (Å²) in [4.78, 5) is 9.01. The Balaban J connectivity index is 2.61. The van der Waals surface area contributed by atoms with Crippen LogP contribution < -0.4 is 9.47 Å². The summed E-state index contributed by atoms with van der Waals surface area (Å²) >= 11 is 8.42. The van der Waals surface area contributed by atoms with E-state index in [1.807, 2.05) is 12.1 Å². The van der Waals surface area contributed by atoms with Crippen LogP contribution in [0.2, 0.25) is 5.15 Å². The molecule has 1 aromatic heterocycles. The minimum Gasteiger partial charge on any atom is -0.497 e. The first kappa shape index (κ1) is 16.3. The summed E-state index contributed by atoms with van der Waals surface area (Å²) in [6.07, 6.45) is 0. The van der Waals surface area contributed by atoms with Gasteiger partial charge in [0.1, 0.15) is 16.7 Å². The van der Waals surface area contributed by atoms with Gasteiger partial charge in [-0.15, -0.1) is 0 Å². The molecule has 112 valence electrons. The number of nitrogens with zero attached hydrogens (tertiary/aromatic N) is 2. The average molecular weight is 419 g/mol. The Kier molecular flexibility index (Phi) is 5.27. The van der Waals surface area contributed by atoms with Crippen LogP contribution in [0.15, 0.2) is 18.2 Å². The Morgan fingerprint density at radius 1 is 1.05 bits per heavy atom. The molecule has 6 heteroatoms. The number of benzene rings is 1. The molecule has 0 aliphatic carbocycles. The van der Waals surface area contributed by atoms with Gasteiger partial charge in [0, 0.05) is 11.6 Å². The predicted molar refractivity (Wildman–Crippen MR) is 92.4 cm³/mol. The minimum absolute atomic E-state index is 0.267. The zero-order chi connectivity index (χ0) is 15.6. The molecule has 1 aromatic carbocycles. The van der Waals surface area contributed by atoms with Gasteiger partial charge in [0.2, 0.25) is 0 Å². The molecule has 4 nitrogen and oxygen atoms in total. The second-order valence-electron chi connectivity index (χ2n) is 4.79. The van der Waals surface area contributed by atoms with Crippen LogP contribution in [0, 0.1) is 3.57 Å². The molecule has 0 amide bonds. The summed E-state index contributed by atoms with van der Waals surface area (Å²) in [6.45, 7) is 4.16. The lowest BCUT2D eigenvalue weighted by Crippen LogP contribution is -2.02. The summed E-state index contributed by atoms with van der Waals surface area (Å²) in [7, 11) is 3.22. The summed E-state index contributed by atoms with van der Waals surface area (Å²) in [6, 6.07) is 5.54. The standard InChI is InChI=1S/C15H16ClIN2O2/c1-8(2)13-12(17)14(16)19-15(18-13)9-5-10(20-3)7-11(6-9)21-4/h5-8H,1-4H3. The van der Waals surface area contributed by atoms with Gasteiger partial charge in [-0.25, -0.2) is 9.97 Å². The number of methoxy groups -OCH3 is 2. The van der Waals surface area contributed by atoms with Crippen LogP contribution in [0.4, 0.5) is 0 Å². The highest BCUT2D eigenvalue weighted by Gasteiger charge is 2.15. The van der Waals surface area contributed by atoms with Gasteiger partial charge in [-0.05, 0) is 40.6 Å². The Labute approximate surface area is 143 Å². The van der Waals surface area contributed by atoms with E-state index >= 15 is 0 Å². The zero-order valence-electron chi connectivity index (χ0n) is 12.3. The fourth-order valence-electron chi connectivity index (χ4n) is 1.88. The second kappa shape index (κ2) is 6.79. The lowest BCUT2D eigenvalue weighted by Gasteiger charge is -2.12. The molecule has 0 aliphatic heterocycles. The van der Waals surface area contributed by atoms with E-state index in [4.69, 9.17) is 21.1 Å². The molecule has 0 saturated carbocycles. The maximum Gasteiger partial charge on any atom is 0.161 e. The number of aromatic nitrogens is 2. The Bertz CT molecular complexity index is 640. The van der Waals surface area contributed by atoms with Crippen molar-refractivity contribution in [3.63, 3.8) is 0 Å². The van der Waals surface area contributed by atoms with Crippen molar-refractivity contribution in [2.75, 3.05) is 14.2 Å². The molecule has 0 saturated heterocycles. The van der Waals surface area contributed by atoms with Crippen molar-refractivity contribution in [1.29, 1.82) is 0 Å². The number of halogens is 2. The van der Waals surface area contributed by atoms with E-state index in [0.717, 1.165) is 14.8 Å². The second-order valence-corrected chi connectivity index (χ2v) is 6.23. The van der Waals surface area contributed by atoms with Crippen LogP contribution in [0.25, 0.3) is 11.4 Å². The van der Waals surface area contributed by atoms with Crippen LogP contribution in [-0.2, 0) is 0 Å². The zero-order valence-corrected chi connectivity index (χ0v) is 15.2. The third-order valence-electron chi connectivity index (χ3n) is 2.99. The first-order valence-electron chi connectivity index (χ1n) is 6.42. The van der Waals surface area contributed by atoms with Crippen LogP contribution in [-0.4, -0.2) is 24.2 Å². The molecule has 0 aliphatic rings. The van der Waals surface area contributed by atoms with Crippen molar-refractivity contribution >= 4 is 34.2 Å². The molecule has 2 aromatic rings. The largest absolute Gasteiger partial charge is 0.497 e. The predicted octanol–water partition coefficient (Wildman–Crippen LogP) is 4.54. The molecule has 1 heterocycles. The van der Waals surface area contributed by atoms with Crippen molar-refractivity contribution in [2.24, 2.45) is 0 Å². The topological polar surface area (TPSA) is 44.2 Å². The van der Waals surface area contributed by atoms with E-state index in [1.165, 1.54) is 0 Å². The maximum absolute atomic E-state index is 6.24. The van der Waals surface area contributed by atoms with E-state index in [0.29, 0.717) is 22.5 Å². The van der Waals surface area contributed by atoms with Gasteiger partial charge < -0.3 is 9.47 Å². The molecule has 0 unspecified atom stereocenters. The Morgan fingerprint density at radius 3 is 2.10 bits per heavy atom. The van der Waals surface area contributed by atoms with Gasteiger partial charge in [0.15, 0.2) is 5.82 Å². The molecule has 2 rings (SSSR count). The molecule has 0 spiro atoms. The van der Waals surface area contributed by atoms with Gasteiger partial charge in [0.25, 0.3) is 0 Å². The maximum atomic E-state index is 6.24. The van der Waals surface area contributed by atoms with Crippen LogP contribution in [0.5, 0.6) is 11.5 Å². The van der Waals surface area contributed by atoms with Crippen molar-refractivity contribution in [2.45, 2.75) is 19.8 Å². The normalized spacial score (nSPS) is 10.8. The molecule has 0 atom stereocenters. The third-order valence-corrected chi connectivity index (χ3v) is 4.65. The first-order valence-corrected chi connectivity index (χ1v) is 7.88. The van der Waals surface area contributed by atoms with Gasteiger partial charge in [-0.2, -0.15) is 0 Å². The number of rotatable bonds is 4. The lowest BCUT2D eigenvalue weighted by molar-refractivity contribution is 0.394. The van der Waals surface area contributed by atoms with Crippen LogP contribution in [0.3, 0.4) is 0 Å². The number of hydrogen-bond acceptors (Lipinski definition) is 4. The monoisotopic (exact) mass is 418 g/mol. The summed E-state index contributed by atoms with van der Waals surface area (Å²) in [5.41, 5.74) is 1.75. The van der Waals surface area contributed by atoms with Crippen molar-refractivity contribution in [3.05, 3.63) is 32.6 Å². The number of hydrogen-bond donors (Lipinski definition) is 0. The van der Waals surface area contributed by atoms with E-state index in [1.54, 1.807) is 20.3 Å². The molecular weight excluding hydrogens is 403 g/mol.